The van der Waals surface area contributed by atoms with Crippen LogP contribution in [0.1, 0.15) is 35.8 Å². The molecule has 1 aliphatic heterocycles. The Bertz CT molecular complexity index is 780. The van der Waals surface area contributed by atoms with Crippen molar-refractivity contribution in [2.24, 2.45) is 0 Å². The maximum absolute atomic E-state index is 12.9. The van der Waals surface area contributed by atoms with Gasteiger partial charge in [0, 0.05) is 33.0 Å². The molecule has 0 spiro atoms. The number of likely N-dealkylation sites (tertiary alicyclic amines) is 1. The molecular weight excluding hydrogens is 292 g/mol. The highest BCUT2D eigenvalue weighted by molar-refractivity contribution is 5.98. The molecule has 0 aromatic carbocycles. The summed E-state index contributed by atoms with van der Waals surface area (Å²) in [6.07, 6.45) is 5.13. The Hall–Kier alpha value is -2.37. The van der Waals surface area contributed by atoms with E-state index in [0.717, 1.165) is 17.6 Å². The molecule has 2 aromatic heterocycles. The molecule has 1 fully saturated rings. The van der Waals surface area contributed by atoms with Crippen molar-refractivity contribution >= 4 is 17.5 Å². The third kappa shape index (κ3) is 2.38. The number of hydrogen-bond acceptors (Lipinski definition) is 3. The minimum Gasteiger partial charge on any atom is -0.347 e. The number of fused-ring (bicyclic) bond motifs is 1. The third-order valence-electron chi connectivity index (χ3n) is 4.65. The van der Waals surface area contributed by atoms with Gasteiger partial charge in [-0.2, -0.15) is 0 Å². The molecule has 6 heteroatoms. The lowest BCUT2D eigenvalue weighted by atomic mass is 9.97. The number of nitrogens with zero attached hydrogens (tertiary/aromatic N) is 4. The number of amides is 2. The number of rotatable bonds is 2. The predicted octanol–water partition coefficient (Wildman–Crippen LogP) is 1.73. The van der Waals surface area contributed by atoms with E-state index in [9.17, 15) is 9.59 Å². The van der Waals surface area contributed by atoms with Gasteiger partial charge < -0.3 is 14.2 Å². The van der Waals surface area contributed by atoms with Gasteiger partial charge in [0.25, 0.3) is 5.91 Å². The molecule has 2 aromatic rings. The molecule has 6 nitrogen and oxygen atoms in total. The maximum atomic E-state index is 12.9. The molecule has 0 bridgehead atoms. The molecule has 1 aliphatic rings. The zero-order valence-electron chi connectivity index (χ0n) is 14.0. The molecule has 1 saturated heterocycles. The van der Waals surface area contributed by atoms with E-state index in [1.54, 1.807) is 30.1 Å². The van der Waals surface area contributed by atoms with Gasteiger partial charge in [0.1, 0.15) is 16.9 Å². The van der Waals surface area contributed by atoms with Crippen LogP contribution in [-0.4, -0.2) is 57.2 Å². The predicted molar refractivity (Wildman–Crippen MR) is 87.3 cm³/mol. The topological polar surface area (TPSA) is 57.9 Å². The lowest BCUT2D eigenvalue weighted by Crippen LogP contribution is -2.55. The van der Waals surface area contributed by atoms with Gasteiger partial charge in [-0.25, -0.2) is 4.98 Å². The monoisotopic (exact) mass is 314 g/mol. The first-order chi connectivity index (χ1) is 10.8. The average molecular weight is 314 g/mol. The summed E-state index contributed by atoms with van der Waals surface area (Å²) in [5, 5.41) is 0. The third-order valence-corrected chi connectivity index (χ3v) is 4.65. The zero-order valence-corrected chi connectivity index (χ0v) is 14.0. The van der Waals surface area contributed by atoms with Gasteiger partial charge in [0.05, 0.1) is 0 Å². The van der Waals surface area contributed by atoms with E-state index in [2.05, 4.69) is 4.98 Å². The number of aryl methyl sites for hydroxylation is 1. The van der Waals surface area contributed by atoms with Crippen LogP contribution in [0.5, 0.6) is 0 Å². The first-order valence-electron chi connectivity index (χ1n) is 7.82. The quantitative estimate of drug-likeness (QED) is 0.848. The molecule has 23 heavy (non-hydrogen) atoms. The standard InChI is InChI=1S/C17H22N4O2/c1-12-7-5-9-20-11-13(18-14(12)20)15(22)21-10-6-8-17(21,2)16(23)19(3)4/h5,7,9,11H,6,8,10H2,1-4H3. The van der Waals surface area contributed by atoms with Crippen molar-refractivity contribution in [1.29, 1.82) is 0 Å². The van der Waals surface area contributed by atoms with Crippen molar-refractivity contribution in [3.8, 4) is 0 Å². The van der Waals surface area contributed by atoms with Gasteiger partial charge in [-0.15, -0.1) is 0 Å². The largest absolute Gasteiger partial charge is 0.347 e. The Kier molecular flexibility index (Phi) is 3.62. The van der Waals surface area contributed by atoms with E-state index < -0.39 is 5.54 Å². The molecule has 122 valence electrons. The Balaban J connectivity index is 1.98. The molecular formula is C17H22N4O2. The molecule has 3 heterocycles. The fourth-order valence-electron chi connectivity index (χ4n) is 3.39. The first-order valence-corrected chi connectivity index (χ1v) is 7.82. The molecule has 0 radical (unpaired) electrons. The van der Waals surface area contributed by atoms with Crippen LogP contribution in [0.4, 0.5) is 0 Å². The fraction of sp³-hybridized carbons (Fsp3) is 0.471. The molecule has 2 amide bonds. The number of likely N-dealkylation sites (N-methyl/N-ethyl adjacent to an activating group) is 1. The van der Waals surface area contributed by atoms with Crippen LogP contribution in [0.3, 0.4) is 0 Å². The van der Waals surface area contributed by atoms with Crippen molar-refractivity contribution in [2.75, 3.05) is 20.6 Å². The molecule has 3 rings (SSSR count). The second kappa shape index (κ2) is 5.37. The van der Waals surface area contributed by atoms with Gasteiger partial charge in [-0.3, -0.25) is 9.59 Å². The summed E-state index contributed by atoms with van der Waals surface area (Å²) < 4.78 is 1.85. The number of hydrogen-bond donors (Lipinski definition) is 0. The number of carbonyl (C=O) groups is 2. The first kappa shape index (κ1) is 15.5. The van der Waals surface area contributed by atoms with Crippen LogP contribution in [-0.2, 0) is 4.79 Å². The molecule has 1 unspecified atom stereocenters. The van der Waals surface area contributed by atoms with Crippen LogP contribution in [0.15, 0.2) is 24.5 Å². The van der Waals surface area contributed by atoms with Crippen molar-refractivity contribution in [1.82, 2.24) is 19.2 Å². The highest BCUT2D eigenvalue weighted by atomic mass is 16.2. The highest BCUT2D eigenvalue weighted by Crippen LogP contribution is 2.32. The normalized spacial score (nSPS) is 21.0. The van der Waals surface area contributed by atoms with Crippen LogP contribution in [0, 0.1) is 6.92 Å². The van der Waals surface area contributed by atoms with Crippen LogP contribution >= 0.6 is 0 Å². The SMILES string of the molecule is Cc1cccn2cc(C(=O)N3CCCC3(C)C(=O)N(C)C)nc12. The van der Waals surface area contributed by atoms with E-state index in [-0.39, 0.29) is 11.8 Å². The summed E-state index contributed by atoms with van der Waals surface area (Å²) in [5.41, 5.74) is 1.39. The van der Waals surface area contributed by atoms with E-state index >= 15 is 0 Å². The minimum atomic E-state index is -0.786. The number of imidazole rings is 1. The van der Waals surface area contributed by atoms with Crippen LogP contribution < -0.4 is 0 Å². The summed E-state index contributed by atoms with van der Waals surface area (Å²) in [6, 6.07) is 3.89. The summed E-state index contributed by atoms with van der Waals surface area (Å²) in [7, 11) is 3.45. The minimum absolute atomic E-state index is 0.0386. The lowest BCUT2D eigenvalue weighted by molar-refractivity contribution is -0.138. The smallest absolute Gasteiger partial charge is 0.274 e. The maximum Gasteiger partial charge on any atom is 0.274 e. The summed E-state index contributed by atoms with van der Waals surface area (Å²) in [6.45, 7) is 4.40. The van der Waals surface area contributed by atoms with Gasteiger partial charge in [-0.05, 0) is 38.3 Å². The highest BCUT2D eigenvalue weighted by Gasteiger charge is 2.47. The van der Waals surface area contributed by atoms with Gasteiger partial charge >= 0.3 is 0 Å². The Morgan fingerprint density at radius 3 is 2.74 bits per heavy atom. The summed E-state index contributed by atoms with van der Waals surface area (Å²) >= 11 is 0. The van der Waals surface area contributed by atoms with Gasteiger partial charge in [-0.1, -0.05) is 6.07 Å². The second-order valence-electron chi connectivity index (χ2n) is 6.58. The van der Waals surface area contributed by atoms with Crippen LogP contribution in [0.2, 0.25) is 0 Å². The van der Waals surface area contributed by atoms with Crippen LogP contribution in [0.25, 0.3) is 5.65 Å². The second-order valence-corrected chi connectivity index (χ2v) is 6.58. The van der Waals surface area contributed by atoms with E-state index in [1.165, 1.54) is 0 Å². The Morgan fingerprint density at radius 1 is 1.35 bits per heavy atom. The van der Waals surface area contributed by atoms with Gasteiger partial charge in [0.15, 0.2) is 0 Å². The molecule has 0 aliphatic carbocycles. The molecule has 1 atom stereocenters. The molecule has 0 N–H and O–H groups in total. The van der Waals surface area contributed by atoms with Crippen molar-refractivity contribution in [3.63, 3.8) is 0 Å². The lowest BCUT2D eigenvalue weighted by Gasteiger charge is -2.35. The van der Waals surface area contributed by atoms with Crippen molar-refractivity contribution in [2.45, 2.75) is 32.2 Å². The van der Waals surface area contributed by atoms with Gasteiger partial charge in [0.2, 0.25) is 5.91 Å². The van der Waals surface area contributed by atoms with E-state index in [4.69, 9.17) is 0 Å². The van der Waals surface area contributed by atoms with Crippen molar-refractivity contribution < 1.29 is 9.59 Å². The Morgan fingerprint density at radius 2 is 2.09 bits per heavy atom. The van der Waals surface area contributed by atoms with E-state index in [1.807, 2.05) is 36.6 Å². The zero-order chi connectivity index (χ0) is 16.8. The van der Waals surface area contributed by atoms with E-state index in [0.29, 0.717) is 18.7 Å². The Labute approximate surface area is 135 Å². The number of carbonyl (C=O) groups excluding carboxylic acids is 2. The summed E-state index contributed by atoms with van der Waals surface area (Å²) in [4.78, 5) is 33.2. The number of pyridine rings is 1. The summed E-state index contributed by atoms with van der Waals surface area (Å²) in [5.74, 6) is -0.216. The van der Waals surface area contributed by atoms with Crippen molar-refractivity contribution in [3.05, 3.63) is 35.8 Å². The molecule has 0 saturated carbocycles. The number of aromatic nitrogens is 2. The average Bonchev–Trinajstić information content (AvgIpc) is 3.11. The fourth-order valence-corrected chi connectivity index (χ4v) is 3.39.